The van der Waals surface area contributed by atoms with Gasteiger partial charge in [-0.1, -0.05) is 13.8 Å². The van der Waals surface area contributed by atoms with E-state index in [1.54, 1.807) is 12.3 Å². The number of sulfonamides is 1. The molecule has 0 spiro atoms. The summed E-state index contributed by atoms with van der Waals surface area (Å²) in [6.07, 6.45) is 4.32. The molecule has 120 valence electrons. The van der Waals surface area contributed by atoms with Crippen LogP contribution < -0.4 is 5.32 Å². The topological polar surface area (TPSA) is 82.5 Å². The Morgan fingerprint density at radius 3 is 2.52 bits per heavy atom. The van der Waals surface area contributed by atoms with Crippen molar-refractivity contribution in [3.63, 3.8) is 0 Å². The molecular formula is C14H25N3O3S. The van der Waals surface area contributed by atoms with Crippen molar-refractivity contribution >= 4 is 15.7 Å². The highest BCUT2D eigenvalue weighted by Gasteiger charge is 2.31. The lowest BCUT2D eigenvalue weighted by Gasteiger charge is -2.29. The Labute approximate surface area is 127 Å². The van der Waals surface area contributed by atoms with Crippen LogP contribution in [-0.2, 0) is 10.0 Å². The highest BCUT2D eigenvalue weighted by Crippen LogP contribution is 2.26. The molecule has 0 atom stereocenters. The van der Waals surface area contributed by atoms with Gasteiger partial charge in [0.1, 0.15) is 4.90 Å². The highest BCUT2D eigenvalue weighted by molar-refractivity contribution is 7.89. The summed E-state index contributed by atoms with van der Waals surface area (Å²) in [4.78, 5) is 4.10. The number of aliphatic hydroxyl groups is 1. The van der Waals surface area contributed by atoms with Crippen LogP contribution in [-0.4, -0.2) is 48.6 Å². The zero-order valence-corrected chi connectivity index (χ0v) is 13.7. The van der Waals surface area contributed by atoms with Crippen LogP contribution >= 0.6 is 0 Å². The third kappa shape index (κ3) is 4.15. The predicted octanol–water partition coefficient (Wildman–Crippen LogP) is 1.68. The SMILES string of the molecule is CCNc1ccncc1S(=O)(=O)N(CCO)C(CC)CC. The van der Waals surface area contributed by atoms with Crippen LogP contribution in [0.5, 0.6) is 0 Å². The zero-order valence-electron chi connectivity index (χ0n) is 12.9. The van der Waals surface area contributed by atoms with Crippen molar-refractivity contribution in [1.29, 1.82) is 0 Å². The Balaban J connectivity index is 3.28. The maximum absolute atomic E-state index is 12.9. The van der Waals surface area contributed by atoms with Gasteiger partial charge in [-0.15, -0.1) is 0 Å². The van der Waals surface area contributed by atoms with Gasteiger partial charge >= 0.3 is 0 Å². The summed E-state index contributed by atoms with van der Waals surface area (Å²) < 4.78 is 27.2. The van der Waals surface area contributed by atoms with Crippen LogP contribution in [0.2, 0.25) is 0 Å². The summed E-state index contributed by atoms with van der Waals surface area (Å²) in [5, 5.41) is 12.3. The second-order valence-electron chi connectivity index (χ2n) is 4.71. The Hall–Kier alpha value is -1.18. The Morgan fingerprint density at radius 1 is 1.33 bits per heavy atom. The third-order valence-corrected chi connectivity index (χ3v) is 5.39. The minimum Gasteiger partial charge on any atom is -0.395 e. The molecule has 1 aromatic rings. The summed E-state index contributed by atoms with van der Waals surface area (Å²) in [5.41, 5.74) is 0.543. The molecule has 21 heavy (non-hydrogen) atoms. The van der Waals surface area contributed by atoms with Gasteiger partial charge in [0, 0.05) is 31.5 Å². The first-order valence-corrected chi connectivity index (χ1v) is 8.77. The van der Waals surface area contributed by atoms with E-state index < -0.39 is 10.0 Å². The minimum absolute atomic E-state index is 0.0924. The van der Waals surface area contributed by atoms with Crippen LogP contribution in [0.1, 0.15) is 33.6 Å². The largest absolute Gasteiger partial charge is 0.395 e. The van der Waals surface area contributed by atoms with Crippen molar-refractivity contribution in [2.45, 2.75) is 44.6 Å². The van der Waals surface area contributed by atoms with E-state index in [4.69, 9.17) is 0 Å². The first-order chi connectivity index (χ1) is 10.0. The number of hydrogen-bond donors (Lipinski definition) is 2. The lowest BCUT2D eigenvalue weighted by Crippen LogP contribution is -2.41. The van der Waals surface area contributed by atoms with Crippen molar-refractivity contribution < 1.29 is 13.5 Å². The maximum atomic E-state index is 12.9. The molecule has 0 saturated heterocycles. The molecule has 0 saturated carbocycles. The van der Waals surface area contributed by atoms with E-state index in [2.05, 4.69) is 10.3 Å². The maximum Gasteiger partial charge on any atom is 0.246 e. The third-order valence-electron chi connectivity index (χ3n) is 3.41. The molecule has 7 heteroatoms. The molecule has 1 aromatic heterocycles. The number of hydrogen-bond acceptors (Lipinski definition) is 5. The van der Waals surface area contributed by atoms with Gasteiger partial charge in [-0.05, 0) is 25.8 Å². The fourth-order valence-corrected chi connectivity index (χ4v) is 4.22. The smallest absolute Gasteiger partial charge is 0.246 e. The molecule has 0 aliphatic rings. The normalized spacial score (nSPS) is 12.1. The first kappa shape index (κ1) is 17.9. The van der Waals surface area contributed by atoms with Gasteiger partial charge in [-0.25, -0.2) is 8.42 Å². The van der Waals surface area contributed by atoms with E-state index in [9.17, 15) is 13.5 Å². The first-order valence-electron chi connectivity index (χ1n) is 7.33. The molecule has 0 aliphatic heterocycles. The number of pyridine rings is 1. The lowest BCUT2D eigenvalue weighted by atomic mass is 10.2. The van der Waals surface area contributed by atoms with Gasteiger partial charge in [-0.2, -0.15) is 4.31 Å². The van der Waals surface area contributed by atoms with Crippen LogP contribution in [0.4, 0.5) is 5.69 Å². The van der Waals surface area contributed by atoms with Gasteiger partial charge in [0.05, 0.1) is 12.3 Å². The summed E-state index contributed by atoms with van der Waals surface area (Å²) in [5.74, 6) is 0. The summed E-state index contributed by atoms with van der Waals surface area (Å²) in [6.45, 7) is 6.31. The van der Waals surface area contributed by atoms with Crippen LogP contribution in [0.15, 0.2) is 23.4 Å². The van der Waals surface area contributed by atoms with E-state index in [1.165, 1.54) is 10.5 Å². The second kappa shape index (κ2) is 8.31. The van der Waals surface area contributed by atoms with Gasteiger partial charge < -0.3 is 10.4 Å². The monoisotopic (exact) mass is 315 g/mol. The van der Waals surface area contributed by atoms with Crippen LogP contribution in [0.3, 0.4) is 0 Å². The molecule has 0 radical (unpaired) electrons. The molecule has 1 rings (SSSR count). The molecule has 1 heterocycles. The molecule has 6 nitrogen and oxygen atoms in total. The molecule has 0 amide bonds. The second-order valence-corrected chi connectivity index (χ2v) is 6.57. The molecule has 0 aromatic carbocycles. The van der Waals surface area contributed by atoms with Gasteiger partial charge in [0.2, 0.25) is 10.0 Å². The van der Waals surface area contributed by atoms with Crippen molar-refractivity contribution in [3.05, 3.63) is 18.5 Å². The van der Waals surface area contributed by atoms with Crippen molar-refractivity contribution in [2.24, 2.45) is 0 Å². The van der Waals surface area contributed by atoms with Crippen LogP contribution in [0, 0.1) is 0 Å². The Bertz CT molecular complexity index is 530. The van der Waals surface area contributed by atoms with E-state index in [-0.39, 0.29) is 24.1 Å². The fraction of sp³-hybridized carbons (Fsp3) is 0.643. The molecular weight excluding hydrogens is 290 g/mol. The number of nitrogens with zero attached hydrogens (tertiary/aromatic N) is 2. The number of nitrogens with one attached hydrogen (secondary N) is 1. The summed E-state index contributed by atoms with van der Waals surface area (Å²) >= 11 is 0. The van der Waals surface area contributed by atoms with E-state index in [1.807, 2.05) is 20.8 Å². The molecule has 0 aliphatic carbocycles. The fourth-order valence-electron chi connectivity index (χ4n) is 2.34. The van der Waals surface area contributed by atoms with Gasteiger partial charge in [0.15, 0.2) is 0 Å². The molecule has 0 unspecified atom stereocenters. The lowest BCUT2D eigenvalue weighted by molar-refractivity contribution is 0.219. The quantitative estimate of drug-likeness (QED) is 0.724. The Kier molecular flexibility index (Phi) is 7.07. The van der Waals surface area contributed by atoms with Gasteiger partial charge in [0.25, 0.3) is 0 Å². The van der Waals surface area contributed by atoms with E-state index in [0.29, 0.717) is 25.1 Å². The number of aliphatic hydroxyl groups excluding tert-OH is 1. The van der Waals surface area contributed by atoms with E-state index in [0.717, 1.165) is 0 Å². The zero-order chi connectivity index (χ0) is 15.9. The van der Waals surface area contributed by atoms with Crippen LogP contribution in [0.25, 0.3) is 0 Å². The number of anilines is 1. The van der Waals surface area contributed by atoms with Gasteiger partial charge in [-0.3, -0.25) is 4.98 Å². The average Bonchev–Trinajstić information content (AvgIpc) is 2.48. The predicted molar refractivity (Wildman–Crippen MR) is 83.7 cm³/mol. The number of rotatable bonds is 9. The minimum atomic E-state index is -3.69. The Morgan fingerprint density at radius 2 is 2.00 bits per heavy atom. The standard InChI is InChI=1S/C14H25N3O3S/c1-4-12(5-2)17(9-10-18)21(19,20)14-11-15-8-7-13(14)16-6-3/h7-8,11-12,18H,4-6,9-10H2,1-3H3,(H,15,16). The van der Waals surface area contributed by atoms with E-state index >= 15 is 0 Å². The summed E-state index contributed by atoms with van der Waals surface area (Å²) in [7, 11) is -3.69. The van der Waals surface area contributed by atoms with Crippen molar-refractivity contribution in [3.8, 4) is 0 Å². The summed E-state index contributed by atoms with van der Waals surface area (Å²) in [6, 6.07) is 1.53. The molecule has 2 N–H and O–H groups in total. The van der Waals surface area contributed by atoms with Crippen molar-refractivity contribution in [1.82, 2.24) is 9.29 Å². The van der Waals surface area contributed by atoms with Crippen molar-refractivity contribution in [2.75, 3.05) is 25.0 Å². The highest BCUT2D eigenvalue weighted by atomic mass is 32.2. The number of aromatic nitrogens is 1. The average molecular weight is 315 g/mol. The molecule has 0 bridgehead atoms. The molecule has 0 fully saturated rings.